The van der Waals surface area contributed by atoms with E-state index in [-0.39, 0.29) is 11.9 Å². The molecule has 3 N–H and O–H groups in total. The second kappa shape index (κ2) is 8.15. The standard InChI is InChI=1S/C13H20BrFN2S/c1-9(2)7-18-8-12(17-16)6-10-5-11(14)3-4-13(10)15/h3-5,9,12,17H,6-8,16H2,1-2H3. The van der Waals surface area contributed by atoms with E-state index in [4.69, 9.17) is 5.84 Å². The SMILES string of the molecule is CC(C)CSCC(Cc1cc(Br)ccc1F)NN. The molecule has 0 fully saturated rings. The van der Waals surface area contributed by atoms with E-state index in [0.29, 0.717) is 17.9 Å². The van der Waals surface area contributed by atoms with Crippen LogP contribution in [0.4, 0.5) is 4.39 Å². The van der Waals surface area contributed by atoms with Crippen LogP contribution in [0.1, 0.15) is 19.4 Å². The van der Waals surface area contributed by atoms with Crippen LogP contribution in [0.15, 0.2) is 22.7 Å². The van der Waals surface area contributed by atoms with Crippen LogP contribution in [-0.2, 0) is 6.42 Å². The van der Waals surface area contributed by atoms with E-state index >= 15 is 0 Å². The molecule has 18 heavy (non-hydrogen) atoms. The largest absolute Gasteiger partial charge is 0.271 e. The molecule has 0 bridgehead atoms. The van der Waals surface area contributed by atoms with Gasteiger partial charge in [-0.15, -0.1) is 0 Å². The van der Waals surface area contributed by atoms with Gasteiger partial charge in [-0.05, 0) is 41.9 Å². The number of hydrogen-bond acceptors (Lipinski definition) is 3. The second-order valence-corrected chi connectivity index (χ2v) is 6.73. The number of benzene rings is 1. The van der Waals surface area contributed by atoms with Crippen LogP contribution in [-0.4, -0.2) is 17.5 Å². The molecule has 1 unspecified atom stereocenters. The molecule has 0 aliphatic heterocycles. The first-order valence-electron chi connectivity index (χ1n) is 6.00. The Bertz CT molecular complexity index is 374. The van der Waals surface area contributed by atoms with E-state index in [1.807, 2.05) is 17.8 Å². The summed E-state index contributed by atoms with van der Waals surface area (Å²) in [6, 6.07) is 5.09. The lowest BCUT2D eigenvalue weighted by Gasteiger charge is -2.16. The fraction of sp³-hybridized carbons (Fsp3) is 0.538. The van der Waals surface area contributed by atoms with Crippen molar-refractivity contribution in [3.8, 4) is 0 Å². The molecule has 0 spiro atoms. The van der Waals surface area contributed by atoms with Crippen molar-refractivity contribution in [1.82, 2.24) is 5.43 Å². The first kappa shape index (κ1) is 16.0. The molecule has 1 aromatic carbocycles. The average Bonchev–Trinajstić information content (AvgIpc) is 2.32. The van der Waals surface area contributed by atoms with Crippen molar-refractivity contribution < 1.29 is 4.39 Å². The summed E-state index contributed by atoms with van der Waals surface area (Å²) in [5.74, 6) is 8.00. The Morgan fingerprint density at radius 1 is 1.39 bits per heavy atom. The van der Waals surface area contributed by atoms with Gasteiger partial charge in [0.25, 0.3) is 0 Å². The molecular weight excluding hydrogens is 315 g/mol. The molecule has 0 aromatic heterocycles. The minimum atomic E-state index is -0.174. The smallest absolute Gasteiger partial charge is 0.126 e. The van der Waals surface area contributed by atoms with Crippen molar-refractivity contribution >= 4 is 27.7 Å². The number of nitrogens with two attached hydrogens (primary N) is 1. The topological polar surface area (TPSA) is 38.0 Å². The number of nitrogens with one attached hydrogen (secondary N) is 1. The van der Waals surface area contributed by atoms with Crippen molar-refractivity contribution in [2.45, 2.75) is 26.3 Å². The molecule has 2 nitrogen and oxygen atoms in total. The minimum absolute atomic E-state index is 0.0950. The van der Waals surface area contributed by atoms with Crippen LogP contribution in [0.5, 0.6) is 0 Å². The summed E-state index contributed by atoms with van der Waals surface area (Å²) in [4.78, 5) is 0. The van der Waals surface area contributed by atoms with Gasteiger partial charge in [-0.3, -0.25) is 11.3 Å². The number of hydrazine groups is 1. The Hall–Kier alpha value is -0.100. The highest BCUT2D eigenvalue weighted by atomic mass is 79.9. The normalized spacial score (nSPS) is 13.0. The van der Waals surface area contributed by atoms with Gasteiger partial charge in [0.15, 0.2) is 0 Å². The van der Waals surface area contributed by atoms with Gasteiger partial charge >= 0.3 is 0 Å². The predicted octanol–water partition coefficient (Wildman–Crippen LogP) is 3.35. The molecule has 1 atom stereocenters. The lowest BCUT2D eigenvalue weighted by atomic mass is 10.1. The number of rotatable bonds is 7. The van der Waals surface area contributed by atoms with Crippen molar-refractivity contribution in [3.63, 3.8) is 0 Å². The molecule has 0 saturated carbocycles. The third-order valence-corrected chi connectivity index (χ3v) is 4.51. The minimum Gasteiger partial charge on any atom is -0.271 e. The predicted molar refractivity (Wildman–Crippen MR) is 81.1 cm³/mol. The molecule has 0 radical (unpaired) electrons. The lowest BCUT2D eigenvalue weighted by Crippen LogP contribution is -2.39. The Morgan fingerprint density at radius 2 is 2.11 bits per heavy atom. The van der Waals surface area contributed by atoms with Crippen LogP contribution in [0, 0.1) is 11.7 Å². The van der Waals surface area contributed by atoms with E-state index in [2.05, 4.69) is 35.2 Å². The molecule has 0 saturated heterocycles. The first-order valence-corrected chi connectivity index (χ1v) is 7.95. The van der Waals surface area contributed by atoms with E-state index in [1.54, 1.807) is 6.07 Å². The maximum absolute atomic E-state index is 13.6. The zero-order valence-electron chi connectivity index (χ0n) is 10.7. The molecule has 0 aliphatic carbocycles. The maximum Gasteiger partial charge on any atom is 0.126 e. The summed E-state index contributed by atoms with van der Waals surface area (Å²) in [6.07, 6.45) is 0.604. The van der Waals surface area contributed by atoms with Crippen molar-refractivity contribution in [3.05, 3.63) is 34.1 Å². The highest BCUT2D eigenvalue weighted by Crippen LogP contribution is 2.18. The highest BCUT2D eigenvalue weighted by molar-refractivity contribution is 9.10. The van der Waals surface area contributed by atoms with Gasteiger partial charge in [-0.25, -0.2) is 4.39 Å². The lowest BCUT2D eigenvalue weighted by molar-refractivity contribution is 0.546. The highest BCUT2D eigenvalue weighted by Gasteiger charge is 2.12. The zero-order chi connectivity index (χ0) is 13.5. The Morgan fingerprint density at radius 3 is 2.72 bits per heavy atom. The van der Waals surface area contributed by atoms with E-state index in [0.717, 1.165) is 16.0 Å². The fourth-order valence-electron chi connectivity index (χ4n) is 1.58. The monoisotopic (exact) mass is 334 g/mol. The van der Waals surface area contributed by atoms with Crippen molar-refractivity contribution in [1.29, 1.82) is 0 Å². The maximum atomic E-state index is 13.6. The Balaban J connectivity index is 2.54. The average molecular weight is 335 g/mol. The van der Waals surface area contributed by atoms with Crippen molar-refractivity contribution in [2.75, 3.05) is 11.5 Å². The van der Waals surface area contributed by atoms with Gasteiger partial charge in [-0.1, -0.05) is 29.8 Å². The van der Waals surface area contributed by atoms with Gasteiger partial charge in [0.2, 0.25) is 0 Å². The molecule has 0 aliphatic rings. The molecule has 1 rings (SSSR count). The van der Waals surface area contributed by atoms with E-state index in [1.165, 1.54) is 6.07 Å². The van der Waals surface area contributed by atoms with Crippen LogP contribution in [0.3, 0.4) is 0 Å². The quantitative estimate of drug-likeness (QED) is 0.593. The van der Waals surface area contributed by atoms with Crippen molar-refractivity contribution in [2.24, 2.45) is 11.8 Å². The molecule has 5 heteroatoms. The molecular formula is C13H20BrFN2S. The Kier molecular flexibility index (Phi) is 7.22. The molecule has 102 valence electrons. The summed E-state index contributed by atoms with van der Waals surface area (Å²) in [6.45, 7) is 4.37. The third-order valence-electron chi connectivity index (χ3n) is 2.48. The van der Waals surface area contributed by atoms with Gasteiger partial charge in [-0.2, -0.15) is 11.8 Å². The Labute approximate surface area is 121 Å². The van der Waals surface area contributed by atoms with Gasteiger partial charge < -0.3 is 0 Å². The van der Waals surface area contributed by atoms with Crippen LogP contribution < -0.4 is 11.3 Å². The van der Waals surface area contributed by atoms with Crippen LogP contribution in [0.25, 0.3) is 0 Å². The first-order chi connectivity index (χ1) is 8.52. The number of thioether (sulfide) groups is 1. The molecule has 1 aromatic rings. The second-order valence-electron chi connectivity index (χ2n) is 4.73. The van der Waals surface area contributed by atoms with Crippen LogP contribution >= 0.6 is 27.7 Å². The summed E-state index contributed by atoms with van der Waals surface area (Å²) >= 11 is 5.20. The van der Waals surface area contributed by atoms with Crippen LogP contribution in [0.2, 0.25) is 0 Å². The number of halogens is 2. The number of hydrogen-bond donors (Lipinski definition) is 2. The summed E-state index contributed by atoms with van der Waals surface area (Å²) in [7, 11) is 0. The zero-order valence-corrected chi connectivity index (χ0v) is 13.2. The van der Waals surface area contributed by atoms with Gasteiger partial charge in [0, 0.05) is 16.3 Å². The fourth-order valence-corrected chi connectivity index (χ4v) is 3.09. The van der Waals surface area contributed by atoms with E-state index < -0.39 is 0 Å². The summed E-state index contributed by atoms with van der Waals surface area (Å²) < 4.78 is 14.5. The third kappa shape index (κ3) is 5.69. The summed E-state index contributed by atoms with van der Waals surface area (Å²) in [5, 5.41) is 0. The molecule has 0 amide bonds. The van der Waals surface area contributed by atoms with E-state index in [9.17, 15) is 4.39 Å². The van der Waals surface area contributed by atoms with Gasteiger partial charge in [0.05, 0.1) is 0 Å². The van der Waals surface area contributed by atoms with Gasteiger partial charge in [0.1, 0.15) is 5.82 Å². The summed E-state index contributed by atoms with van der Waals surface area (Å²) in [5.41, 5.74) is 3.46. The molecule has 0 heterocycles.